The zero-order chi connectivity index (χ0) is 27.9. The molecule has 206 valence electrons. The fourth-order valence-corrected chi connectivity index (χ4v) is 5.72. The van der Waals surface area contributed by atoms with Gasteiger partial charge in [0.05, 0.1) is 11.8 Å². The van der Waals surface area contributed by atoms with Crippen molar-refractivity contribution in [3.63, 3.8) is 0 Å². The molecule has 3 aromatic rings. The number of nitriles is 1. The number of nitrogens with two attached hydrogens (primary N) is 1. The fraction of sp³-hybridized carbons (Fsp3) is 0.353. The smallest absolute Gasteiger partial charge is 0.314 e. The van der Waals surface area contributed by atoms with Gasteiger partial charge < -0.3 is 19.9 Å². The molecule has 1 aliphatic heterocycles. The Balaban J connectivity index is 1.28. The molecule has 1 unspecified atom stereocenters. The maximum absolute atomic E-state index is 12.9. The molecule has 2 N–H and O–H groups in total. The summed E-state index contributed by atoms with van der Waals surface area (Å²) < 4.78 is 17.6. The van der Waals surface area contributed by atoms with Gasteiger partial charge in [0.2, 0.25) is 5.88 Å². The van der Waals surface area contributed by atoms with Crippen molar-refractivity contribution in [2.75, 3.05) is 0 Å². The SMILES string of the molecule is CCCCC1CCC(C(=O)Oc2ccc3c(c2)OC(N)=C(C#N)C3c2ccc(OCc3ccccc3)cc2)CC1. The van der Waals surface area contributed by atoms with E-state index < -0.39 is 5.92 Å². The van der Waals surface area contributed by atoms with Crippen LogP contribution >= 0.6 is 0 Å². The number of fused-ring (bicyclic) bond motifs is 1. The highest BCUT2D eigenvalue weighted by Gasteiger charge is 2.32. The molecule has 40 heavy (non-hydrogen) atoms. The topological polar surface area (TPSA) is 94.6 Å². The van der Waals surface area contributed by atoms with E-state index in [2.05, 4.69) is 13.0 Å². The van der Waals surface area contributed by atoms with Crippen LogP contribution in [0, 0.1) is 23.2 Å². The van der Waals surface area contributed by atoms with Crippen LogP contribution in [0.1, 0.15) is 74.5 Å². The Morgan fingerprint density at radius 2 is 1.73 bits per heavy atom. The molecular formula is C34H36N2O4. The number of hydrogen-bond donors (Lipinski definition) is 1. The summed E-state index contributed by atoms with van der Waals surface area (Å²) in [4.78, 5) is 12.9. The van der Waals surface area contributed by atoms with Crippen molar-refractivity contribution in [2.24, 2.45) is 17.6 Å². The predicted molar refractivity (Wildman–Crippen MR) is 154 cm³/mol. The zero-order valence-corrected chi connectivity index (χ0v) is 23.0. The van der Waals surface area contributed by atoms with Gasteiger partial charge in [0.25, 0.3) is 0 Å². The number of carbonyl (C=O) groups excluding carboxylic acids is 1. The van der Waals surface area contributed by atoms with Crippen LogP contribution in [-0.4, -0.2) is 5.97 Å². The molecular weight excluding hydrogens is 500 g/mol. The molecule has 0 radical (unpaired) electrons. The minimum Gasteiger partial charge on any atom is -0.489 e. The molecule has 6 heteroatoms. The molecule has 0 aromatic heterocycles. The highest BCUT2D eigenvalue weighted by atomic mass is 16.5. The third kappa shape index (κ3) is 6.31. The standard InChI is InChI=1S/C34H36N2O4/c1-2-3-7-23-10-12-26(13-11-23)34(37)39-28-18-19-29-31(20-28)40-33(36)30(21-35)32(29)25-14-16-27(17-15-25)38-22-24-8-5-4-6-9-24/h4-6,8-9,14-20,23,26,32H,2-3,7,10-13,22,36H2,1H3. The number of rotatable bonds is 9. The van der Waals surface area contributed by atoms with Crippen molar-refractivity contribution in [2.45, 2.75) is 64.4 Å². The van der Waals surface area contributed by atoms with Gasteiger partial charge in [-0.1, -0.05) is 74.7 Å². The summed E-state index contributed by atoms with van der Waals surface area (Å²) >= 11 is 0. The van der Waals surface area contributed by atoms with Crippen LogP contribution in [0.25, 0.3) is 0 Å². The molecule has 1 aliphatic carbocycles. The molecule has 0 spiro atoms. The van der Waals surface area contributed by atoms with Gasteiger partial charge in [-0.05, 0) is 60.9 Å². The lowest BCUT2D eigenvalue weighted by atomic mass is 9.80. The first-order chi connectivity index (χ1) is 19.6. The van der Waals surface area contributed by atoms with Crippen LogP contribution in [0.2, 0.25) is 0 Å². The lowest BCUT2D eigenvalue weighted by Gasteiger charge is -2.28. The molecule has 1 heterocycles. The van der Waals surface area contributed by atoms with Crippen LogP contribution in [-0.2, 0) is 11.4 Å². The maximum atomic E-state index is 12.9. The Morgan fingerprint density at radius 3 is 2.42 bits per heavy atom. The van der Waals surface area contributed by atoms with Gasteiger partial charge in [0, 0.05) is 11.6 Å². The Kier molecular flexibility index (Phi) is 8.71. The van der Waals surface area contributed by atoms with Gasteiger partial charge in [0.15, 0.2) is 0 Å². The summed E-state index contributed by atoms with van der Waals surface area (Å²) in [6.07, 6.45) is 7.66. The molecule has 0 amide bonds. The molecule has 2 aliphatic rings. The van der Waals surface area contributed by atoms with E-state index in [-0.39, 0.29) is 17.8 Å². The quantitative estimate of drug-likeness (QED) is 0.226. The van der Waals surface area contributed by atoms with E-state index in [4.69, 9.17) is 19.9 Å². The normalized spacial score (nSPS) is 20.1. The van der Waals surface area contributed by atoms with Crippen molar-refractivity contribution in [3.05, 3.63) is 101 Å². The second-order valence-corrected chi connectivity index (χ2v) is 10.7. The van der Waals surface area contributed by atoms with Gasteiger partial charge in [-0.3, -0.25) is 4.79 Å². The van der Waals surface area contributed by atoms with Crippen LogP contribution in [0.15, 0.2) is 84.3 Å². The molecule has 1 fully saturated rings. The number of ether oxygens (including phenoxy) is 3. The van der Waals surface area contributed by atoms with Crippen molar-refractivity contribution in [1.82, 2.24) is 0 Å². The Bertz CT molecular complexity index is 1380. The third-order valence-corrected chi connectivity index (χ3v) is 8.02. The number of unbranched alkanes of at least 4 members (excludes halogenated alkanes) is 1. The highest BCUT2D eigenvalue weighted by molar-refractivity contribution is 5.75. The number of benzene rings is 3. The van der Waals surface area contributed by atoms with Crippen LogP contribution < -0.4 is 19.9 Å². The van der Waals surface area contributed by atoms with E-state index in [0.717, 1.165) is 54.0 Å². The highest BCUT2D eigenvalue weighted by Crippen LogP contribution is 2.44. The first kappa shape index (κ1) is 27.3. The molecule has 3 aromatic carbocycles. The lowest BCUT2D eigenvalue weighted by Crippen LogP contribution is -2.26. The summed E-state index contributed by atoms with van der Waals surface area (Å²) in [5.41, 5.74) is 9.30. The van der Waals surface area contributed by atoms with E-state index in [9.17, 15) is 10.1 Å². The summed E-state index contributed by atoms with van der Waals surface area (Å²) in [6, 6.07) is 25.2. The second-order valence-electron chi connectivity index (χ2n) is 10.7. The number of hydrogen-bond acceptors (Lipinski definition) is 6. The lowest BCUT2D eigenvalue weighted by molar-refractivity contribution is -0.140. The van der Waals surface area contributed by atoms with Crippen LogP contribution in [0.4, 0.5) is 0 Å². The maximum Gasteiger partial charge on any atom is 0.314 e. The van der Waals surface area contributed by atoms with E-state index in [1.54, 1.807) is 12.1 Å². The van der Waals surface area contributed by atoms with Crippen molar-refractivity contribution in [1.29, 1.82) is 5.26 Å². The average Bonchev–Trinajstić information content (AvgIpc) is 2.99. The van der Waals surface area contributed by atoms with Gasteiger partial charge in [-0.15, -0.1) is 0 Å². The van der Waals surface area contributed by atoms with Crippen molar-refractivity contribution < 1.29 is 19.0 Å². The second kappa shape index (κ2) is 12.7. The predicted octanol–water partition coefficient (Wildman–Crippen LogP) is 7.39. The van der Waals surface area contributed by atoms with Gasteiger partial charge in [0.1, 0.15) is 35.5 Å². The average molecular weight is 537 g/mol. The Morgan fingerprint density at radius 1 is 1.00 bits per heavy atom. The van der Waals surface area contributed by atoms with E-state index in [0.29, 0.717) is 23.7 Å². The fourth-order valence-electron chi connectivity index (χ4n) is 5.72. The van der Waals surface area contributed by atoms with Crippen molar-refractivity contribution >= 4 is 5.97 Å². The van der Waals surface area contributed by atoms with Gasteiger partial charge in [-0.2, -0.15) is 5.26 Å². The first-order valence-electron chi connectivity index (χ1n) is 14.3. The number of nitrogens with zero attached hydrogens (tertiary/aromatic N) is 1. The minimum atomic E-state index is -0.403. The monoisotopic (exact) mass is 536 g/mol. The van der Waals surface area contributed by atoms with Crippen LogP contribution in [0.3, 0.4) is 0 Å². The summed E-state index contributed by atoms with van der Waals surface area (Å²) in [6.45, 7) is 2.69. The minimum absolute atomic E-state index is 0.0540. The zero-order valence-electron chi connectivity index (χ0n) is 23.0. The Labute approximate surface area is 236 Å². The van der Waals surface area contributed by atoms with E-state index in [1.807, 2.05) is 60.7 Å². The molecule has 0 bridgehead atoms. The largest absolute Gasteiger partial charge is 0.489 e. The summed E-state index contributed by atoms with van der Waals surface area (Å²) in [5.74, 6) is 1.77. The molecule has 1 saturated carbocycles. The van der Waals surface area contributed by atoms with Crippen LogP contribution in [0.5, 0.6) is 17.2 Å². The van der Waals surface area contributed by atoms with E-state index >= 15 is 0 Å². The molecule has 0 saturated heterocycles. The summed E-state index contributed by atoms with van der Waals surface area (Å²) in [5, 5.41) is 9.91. The van der Waals surface area contributed by atoms with Gasteiger partial charge in [-0.25, -0.2) is 0 Å². The Hall–Kier alpha value is -4.24. The third-order valence-electron chi connectivity index (χ3n) is 8.02. The van der Waals surface area contributed by atoms with Gasteiger partial charge >= 0.3 is 5.97 Å². The molecule has 1 atom stereocenters. The number of esters is 1. The molecule has 5 rings (SSSR count). The van der Waals surface area contributed by atoms with Crippen molar-refractivity contribution in [3.8, 4) is 23.3 Å². The van der Waals surface area contributed by atoms with E-state index in [1.165, 1.54) is 19.3 Å². The molecule has 6 nitrogen and oxygen atoms in total. The first-order valence-corrected chi connectivity index (χ1v) is 14.3. The number of carbonyl (C=O) groups is 1. The summed E-state index contributed by atoms with van der Waals surface area (Å²) in [7, 11) is 0. The number of allylic oxidation sites excluding steroid dienone is 1.